The Kier molecular flexibility index (Phi) is 4.23. The number of Topliss-reactive ketones (excluding diaryl/α,β-unsaturated/α-hetero) is 2. The van der Waals surface area contributed by atoms with E-state index >= 15 is 0 Å². The van der Waals surface area contributed by atoms with E-state index in [9.17, 15) is 9.59 Å². The Morgan fingerprint density at radius 3 is 2.65 bits per heavy atom. The topological polar surface area (TPSA) is 55.4 Å². The molecule has 0 bridgehead atoms. The molecule has 0 saturated carbocycles. The van der Waals surface area contributed by atoms with Gasteiger partial charge in [0.25, 0.3) is 0 Å². The molecule has 0 heterocycles. The monoisotopic (exact) mass is 273 g/mol. The molecule has 0 radical (unpaired) electrons. The largest absolute Gasteiger partial charge is 0.496 e. The van der Waals surface area contributed by atoms with E-state index in [-0.39, 0.29) is 11.6 Å². The number of benzene rings is 1. The quantitative estimate of drug-likeness (QED) is 0.836. The van der Waals surface area contributed by atoms with Crippen LogP contribution >= 0.6 is 0 Å². The van der Waals surface area contributed by atoms with Crippen molar-refractivity contribution in [2.75, 3.05) is 12.4 Å². The maximum atomic E-state index is 11.8. The van der Waals surface area contributed by atoms with Gasteiger partial charge in [-0.3, -0.25) is 9.59 Å². The van der Waals surface area contributed by atoms with Gasteiger partial charge in [-0.25, -0.2) is 0 Å². The summed E-state index contributed by atoms with van der Waals surface area (Å²) in [5.74, 6) is 0.807. The molecule has 1 aromatic rings. The van der Waals surface area contributed by atoms with Gasteiger partial charge in [0, 0.05) is 35.9 Å². The van der Waals surface area contributed by atoms with Crippen LogP contribution in [0.25, 0.3) is 0 Å². The maximum Gasteiger partial charge on any atom is 0.166 e. The first kappa shape index (κ1) is 14.3. The van der Waals surface area contributed by atoms with E-state index in [0.717, 1.165) is 23.4 Å². The molecule has 0 fully saturated rings. The summed E-state index contributed by atoms with van der Waals surface area (Å²) in [7, 11) is 1.55. The number of anilines is 1. The Hall–Kier alpha value is -2.10. The molecule has 1 aliphatic carbocycles. The first-order chi connectivity index (χ1) is 9.56. The Morgan fingerprint density at radius 1 is 1.35 bits per heavy atom. The Morgan fingerprint density at radius 2 is 2.10 bits per heavy atom. The smallest absolute Gasteiger partial charge is 0.166 e. The van der Waals surface area contributed by atoms with E-state index in [1.807, 2.05) is 19.9 Å². The van der Waals surface area contributed by atoms with Crippen LogP contribution in [0, 0.1) is 0 Å². The lowest BCUT2D eigenvalue weighted by atomic mass is 10.1. The third-order valence-corrected chi connectivity index (χ3v) is 3.59. The highest BCUT2D eigenvalue weighted by molar-refractivity contribution is 6.00. The molecular weight excluding hydrogens is 254 g/mol. The molecule has 1 N–H and O–H groups in total. The Balaban J connectivity index is 2.27. The van der Waals surface area contributed by atoms with Crippen molar-refractivity contribution in [2.24, 2.45) is 0 Å². The lowest BCUT2D eigenvalue weighted by Crippen LogP contribution is -2.03. The fourth-order valence-corrected chi connectivity index (χ4v) is 2.30. The zero-order chi connectivity index (χ0) is 14.7. The summed E-state index contributed by atoms with van der Waals surface area (Å²) < 4.78 is 5.28. The summed E-state index contributed by atoms with van der Waals surface area (Å²) in [6.45, 7) is 3.66. The average molecular weight is 273 g/mol. The number of nitrogens with one attached hydrogen (secondary N) is 1. The second-order valence-electron chi connectivity index (χ2n) is 4.84. The highest BCUT2D eigenvalue weighted by Gasteiger charge is 2.19. The van der Waals surface area contributed by atoms with E-state index in [2.05, 4.69) is 5.32 Å². The number of ketones is 2. The number of carbonyl (C=O) groups excluding carboxylic acids is 2. The van der Waals surface area contributed by atoms with Gasteiger partial charge in [0.1, 0.15) is 5.75 Å². The van der Waals surface area contributed by atoms with Gasteiger partial charge in [0.2, 0.25) is 0 Å². The van der Waals surface area contributed by atoms with Gasteiger partial charge in [-0.05, 0) is 25.5 Å². The number of rotatable bonds is 5. The summed E-state index contributed by atoms with van der Waals surface area (Å²) in [5.41, 5.74) is 3.16. The molecule has 0 spiro atoms. The van der Waals surface area contributed by atoms with Crippen LogP contribution in [0.4, 0.5) is 5.69 Å². The zero-order valence-corrected chi connectivity index (χ0v) is 12.1. The predicted octanol–water partition coefficient (Wildman–Crippen LogP) is 3.34. The van der Waals surface area contributed by atoms with Crippen LogP contribution in [0.1, 0.15) is 43.5 Å². The van der Waals surface area contributed by atoms with Crippen molar-refractivity contribution in [2.45, 2.75) is 33.1 Å². The summed E-state index contributed by atoms with van der Waals surface area (Å²) in [4.78, 5) is 23.3. The second kappa shape index (κ2) is 5.90. The minimum absolute atomic E-state index is 0.0554. The number of carbonyl (C=O) groups is 2. The Bertz CT molecular complexity index is 587. The van der Waals surface area contributed by atoms with Crippen LogP contribution in [-0.4, -0.2) is 18.7 Å². The molecule has 0 amide bonds. The molecule has 2 rings (SSSR count). The van der Waals surface area contributed by atoms with Crippen LogP contribution < -0.4 is 10.1 Å². The van der Waals surface area contributed by atoms with Crippen molar-refractivity contribution in [1.29, 1.82) is 0 Å². The number of hydrogen-bond donors (Lipinski definition) is 1. The molecule has 4 heteroatoms. The van der Waals surface area contributed by atoms with Crippen LogP contribution in [0.5, 0.6) is 5.75 Å². The normalized spacial score (nSPS) is 14.7. The van der Waals surface area contributed by atoms with Gasteiger partial charge in [-0.1, -0.05) is 6.92 Å². The van der Waals surface area contributed by atoms with Gasteiger partial charge in [-0.15, -0.1) is 0 Å². The van der Waals surface area contributed by atoms with Crippen LogP contribution in [-0.2, 0) is 4.79 Å². The third kappa shape index (κ3) is 2.74. The van der Waals surface area contributed by atoms with Crippen LogP contribution in [0.3, 0.4) is 0 Å². The summed E-state index contributed by atoms with van der Waals surface area (Å²) in [5, 5.41) is 3.25. The first-order valence-corrected chi connectivity index (χ1v) is 6.78. The van der Waals surface area contributed by atoms with E-state index in [1.165, 1.54) is 0 Å². The van der Waals surface area contributed by atoms with Crippen molar-refractivity contribution >= 4 is 17.3 Å². The third-order valence-electron chi connectivity index (χ3n) is 3.59. The summed E-state index contributed by atoms with van der Waals surface area (Å²) in [6, 6.07) is 5.40. The highest BCUT2D eigenvalue weighted by Crippen LogP contribution is 2.28. The minimum Gasteiger partial charge on any atom is -0.496 e. The maximum absolute atomic E-state index is 11.8. The van der Waals surface area contributed by atoms with Crippen molar-refractivity contribution < 1.29 is 14.3 Å². The van der Waals surface area contributed by atoms with Crippen molar-refractivity contribution in [1.82, 2.24) is 0 Å². The molecular formula is C16H19NO3. The number of methoxy groups -OCH3 is 1. The molecule has 106 valence electrons. The van der Waals surface area contributed by atoms with Gasteiger partial charge < -0.3 is 10.1 Å². The summed E-state index contributed by atoms with van der Waals surface area (Å²) in [6.07, 6.45) is 1.75. The highest BCUT2D eigenvalue weighted by atomic mass is 16.5. The van der Waals surface area contributed by atoms with E-state index < -0.39 is 0 Å². The minimum atomic E-state index is 0.0554. The first-order valence-electron chi connectivity index (χ1n) is 6.78. The number of ether oxygens (including phenoxy) is 1. The number of hydrogen-bond acceptors (Lipinski definition) is 4. The fourth-order valence-electron chi connectivity index (χ4n) is 2.30. The van der Waals surface area contributed by atoms with Crippen molar-refractivity contribution in [3.63, 3.8) is 0 Å². The van der Waals surface area contributed by atoms with E-state index in [0.29, 0.717) is 24.2 Å². The lowest BCUT2D eigenvalue weighted by molar-refractivity contribution is -0.114. The molecule has 1 aromatic carbocycles. The number of allylic oxidation sites excluding steroid dienone is 2. The molecule has 1 aliphatic rings. The van der Waals surface area contributed by atoms with E-state index in [1.54, 1.807) is 19.2 Å². The van der Waals surface area contributed by atoms with Gasteiger partial charge >= 0.3 is 0 Å². The molecule has 0 aromatic heterocycles. The predicted molar refractivity (Wildman–Crippen MR) is 78.2 cm³/mol. The second-order valence-corrected chi connectivity index (χ2v) is 4.84. The zero-order valence-electron chi connectivity index (χ0n) is 12.1. The average Bonchev–Trinajstić information content (AvgIpc) is 2.78. The standard InChI is InChI=1S/C16H19NO3/c1-4-14(18)12-6-5-11(9-16(12)20-3)17-13-7-8-15(19)10(13)2/h5-6,9,17H,4,7-8H2,1-3H3. The van der Waals surface area contributed by atoms with Crippen molar-refractivity contribution in [3.05, 3.63) is 35.0 Å². The van der Waals surface area contributed by atoms with Crippen molar-refractivity contribution in [3.8, 4) is 5.75 Å². The van der Waals surface area contributed by atoms with Gasteiger partial charge in [0.05, 0.1) is 12.7 Å². The summed E-state index contributed by atoms with van der Waals surface area (Å²) >= 11 is 0. The molecule has 0 aliphatic heterocycles. The molecule has 0 atom stereocenters. The van der Waals surface area contributed by atoms with Gasteiger partial charge in [-0.2, -0.15) is 0 Å². The van der Waals surface area contributed by atoms with E-state index in [4.69, 9.17) is 4.74 Å². The molecule has 0 unspecified atom stereocenters. The molecule has 20 heavy (non-hydrogen) atoms. The molecule has 4 nitrogen and oxygen atoms in total. The molecule has 0 saturated heterocycles. The lowest BCUT2D eigenvalue weighted by Gasteiger charge is -2.12. The van der Waals surface area contributed by atoms with Crippen LogP contribution in [0.15, 0.2) is 29.5 Å². The van der Waals surface area contributed by atoms with Crippen LogP contribution in [0.2, 0.25) is 0 Å². The SMILES string of the molecule is CCC(=O)c1ccc(NC2=C(C)C(=O)CC2)cc1OC. The Labute approximate surface area is 118 Å². The van der Waals surface area contributed by atoms with Gasteiger partial charge in [0.15, 0.2) is 11.6 Å². The fraction of sp³-hybridized carbons (Fsp3) is 0.375.